The highest BCUT2D eigenvalue weighted by molar-refractivity contribution is 6.39. The zero-order valence-corrected chi connectivity index (χ0v) is 9.14. The van der Waals surface area contributed by atoms with Crippen LogP contribution < -0.4 is 14.6 Å². The molecule has 0 spiro atoms. The Morgan fingerprint density at radius 1 is 1.29 bits per heavy atom. The first-order valence-corrected chi connectivity index (χ1v) is 4.47. The molecule has 0 saturated carbocycles. The summed E-state index contributed by atoms with van der Waals surface area (Å²) < 4.78 is 9.84. The molecule has 0 radical (unpaired) electrons. The van der Waals surface area contributed by atoms with Gasteiger partial charge in [-0.3, -0.25) is 4.79 Å². The second kappa shape index (κ2) is 4.99. The second-order valence-corrected chi connectivity index (χ2v) is 2.99. The lowest BCUT2D eigenvalue weighted by Crippen LogP contribution is -2.31. The zero-order valence-electron chi connectivity index (χ0n) is 9.14. The van der Waals surface area contributed by atoms with E-state index in [1.54, 1.807) is 6.07 Å². The topological polar surface area (TPSA) is 99.5 Å². The van der Waals surface area contributed by atoms with E-state index in [0.717, 1.165) is 6.07 Å². The average Bonchev–Trinajstić information content (AvgIpc) is 2.35. The molecule has 17 heavy (non-hydrogen) atoms. The molecule has 0 aliphatic rings. The average molecular weight is 234 g/mol. The van der Waals surface area contributed by atoms with Gasteiger partial charge >= 0.3 is 0 Å². The standard InChI is InChI=1S/C11H9NO5/c1-16-8-4-6(9(13)11(14)15)3-7(5-12)10(8)17-2/h3-4H,1-2H3,(H,14,15)/p-1. The normalized spacial score (nSPS) is 9.24. The minimum atomic E-state index is -1.85. The van der Waals surface area contributed by atoms with E-state index in [0.29, 0.717) is 0 Å². The number of ether oxygens (including phenoxy) is 2. The van der Waals surface area contributed by atoms with Crippen LogP contribution in [0.1, 0.15) is 15.9 Å². The highest BCUT2D eigenvalue weighted by Crippen LogP contribution is 2.32. The molecule has 6 nitrogen and oxygen atoms in total. The van der Waals surface area contributed by atoms with Gasteiger partial charge in [0.25, 0.3) is 0 Å². The molecule has 0 fully saturated rings. The number of carboxylic acid groups (broad SMARTS) is 1. The summed E-state index contributed by atoms with van der Waals surface area (Å²) in [5.74, 6) is -2.82. The van der Waals surface area contributed by atoms with Gasteiger partial charge in [-0.1, -0.05) is 0 Å². The molecule has 0 aromatic heterocycles. The minimum Gasteiger partial charge on any atom is -0.541 e. The molecule has 6 heteroatoms. The number of aliphatic carboxylic acids is 1. The Morgan fingerprint density at radius 2 is 1.94 bits per heavy atom. The maximum atomic E-state index is 11.2. The number of nitrogens with zero attached hydrogens (tertiary/aromatic N) is 1. The molecule has 1 aromatic carbocycles. The van der Waals surface area contributed by atoms with Crippen LogP contribution >= 0.6 is 0 Å². The van der Waals surface area contributed by atoms with Crippen LogP contribution in [0.5, 0.6) is 11.5 Å². The SMILES string of the molecule is COc1cc(C(=O)C(=O)[O-])cc(C#N)c1OC. The summed E-state index contributed by atoms with van der Waals surface area (Å²) in [7, 11) is 2.64. The van der Waals surface area contributed by atoms with Gasteiger partial charge in [0.05, 0.1) is 19.8 Å². The van der Waals surface area contributed by atoms with Crippen LogP contribution in [0.4, 0.5) is 0 Å². The highest BCUT2D eigenvalue weighted by Gasteiger charge is 2.16. The van der Waals surface area contributed by atoms with Gasteiger partial charge in [-0.05, 0) is 12.1 Å². The monoisotopic (exact) mass is 234 g/mol. The van der Waals surface area contributed by atoms with Crippen LogP contribution in [0.15, 0.2) is 12.1 Å². The largest absolute Gasteiger partial charge is 0.541 e. The van der Waals surface area contributed by atoms with E-state index in [4.69, 9.17) is 14.7 Å². The summed E-state index contributed by atoms with van der Waals surface area (Å²) in [6.07, 6.45) is 0. The Balaban J connectivity index is 3.43. The Morgan fingerprint density at radius 3 is 2.35 bits per heavy atom. The summed E-state index contributed by atoms with van der Waals surface area (Å²) in [6, 6.07) is 4.07. The first kappa shape index (κ1) is 12.5. The van der Waals surface area contributed by atoms with Crippen molar-refractivity contribution in [1.82, 2.24) is 0 Å². The van der Waals surface area contributed by atoms with Crippen molar-refractivity contribution in [3.63, 3.8) is 0 Å². The molecular formula is C11H8NO5-. The Kier molecular flexibility index (Phi) is 3.67. The number of carbonyl (C=O) groups excluding carboxylic acids is 2. The molecule has 0 N–H and O–H groups in total. The van der Waals surface area contributed by atoms with Gasteiger partial charge in [-0.15, -0.1) is 0 Å². The fourth-order valence-electron chi connectivity index (χ4n) is 1.30. The van der Waals surface area contributed by atoms with Crippen molar-refractivity contribution in [1.29, 1.82) is 5.26 Å². The summed E-state index contributed by atoms with van der Waals surface area (Å²) >= 11 is 0. The predicted octanol–water partition coefficient (Wildman–Crippen LogP) is -0.492. The van der Waals surface area contributed by atoms with Gasteiger partial charge in [-0.2, -0.15) is 5.26 Å². The fraction of sp³-hybridized carbons (Fsp3) is 0.182. The molecule has 0 aliphatic carbocycles. The van der Waals surface area contributed by atoms with E-state index in [1.807, 2.05) is 0 Å². The van der Waals surface area contributed by atoms with E-state index in [2.05, 4.69) is 0 Å². The number of benzene rings is 1. The van der Waals surface area contributed by atoms with E-state index in [9.17, 15) is 14.7 Å². The van der Waals surface area contributed by atoms with Crippen molar-refractivity contribution in [2.75, 3.05) is 14.2 Å². The lowest BCUT2D eigenvalue weighted by Gasteiger charge is -2.11. The number of carboxylic acids is 1. The number of hydrogen-bond acceptors (Lipinski definition) is 6. The number of methoxy groups -OCH3 is 2. The van der Waals surface area contributed by atoms with Gasteiger partial charge in [0.15, 0.2) is 11.5 Å². The van der Waals surface area contributed by atoms with E-state index in [-0.39, 0.29) is 22.6 Å². The number of ketones is 1. The van der Waals surface area contributed by atoms with Crippen molar-refractivity contribution in [2.24, 2.45) is 0 Å². The predicted molar refractivity (Wildman–Crippen MR) is 53.6 cm³/mol. The maximum absolute atomic E-state index is 11.2. The smallest absolute Gasteiger partial charge is 0.208 e. The summed E-state index contributed by atoms with van der Waals surface area (Å²) in [5, 5.41) is 19.3. The summed E-state index contributed by atoms with van der Waals surface area (Å²) in [6.45, 7) is 0. The molecule has 1 aromatic rings. The number of carbonyl (C=O) groups is 2. The first-order valence-electron chi connectivity index (χ1n) is 4.47. The van der Waals surface area contributed by atoms with Crippen molar-refractivity contribution < 1.29 is 24.2 Å². The molecule has 0 bridgehead atoms. The lowest BCUT2D eigenvalue weighted by atomic mass is 10.1. The lowest BCUT2D eigenvalue weighted by molar-refractivity contribution is -0.296. The van der Waals surface area contributed by atoms with E-state index >= 15 is 0 Å². The number of Topliss-reactive ketones (excluding diaryl/α,β-unsaturated/α-hetero) is 1. The van der Waals surface area contributed by atoms with Gasteiger partial charge in [0.2, 0.25) is 5.78 Å². The van der Waals surface area contributed by atoms with Gasteiger partial charge in [0, 0.05) is 5.56 Å². The summed E-state index contributed by atoms with van der Waals surface area (Å²) in [4.78, 5) is 21.7. The van der Waals surface area contributed by atoms with Gasteiger partial charge in [-0.25, -0.2) is 0 Å². The van der Waals surface area contributed by atoms with E-state index < -0.39 is 11.8 Å². The molecule has 0 heterocycles. The van der Waals surface area contributed by atoms with Crippen molar-refractivity contribution in [2.45, 2.75) is 0 Å². The van der Waals surface area contributed by atoms with Crippen molar-refractivity contribution in [3.8, 4) is 17.6 Å². The molecule has 0 saturated heterocycles. The second-order valence-electron chi connectivity index (χ2n) is 2.99. The molecule has 0 atom stereocenters. The molecular weight excluding hydrogens is 226 g/mol. The number of nitriles is 1. The Bertz CT molecular complexity index is 515. The number of rotatable bonds is 4. The third kappa shape index (κ3) is 2.34. The molecule has 1 rings (SSSR count). The van der Waals surface area contributed by atoms with E-state index in [1.165, 1.54) is 20.3 Å². The van der Waals surface area contributed by atoms with Crippen LogP contribution in [0, 0.1) is 11.3 Å². The van der Waals surface area contributed by atoms with Gasteiger partial charge < -0.3 is 19.4 Å². The van der Waals surface area contributed by atoms with Crippen molar-refractivity contribution in [3.05, 3.63) is 23.3 Å². The molecule has 0 aliphatic heterocycles. The van der Waals surface area contributed by atoms with Crippen LogP contribution in [0.2, 0.25) is 0 Å². The minimum absolute atomic E-state index is 0.0106. The molecule has 0 amide bonds. The first-order chi connectivity index (χ1) is 8.04. The van der Waals surface area contributed by atoms with Gasteiger partial charge in [0.1, 0.15) is 12.0 Å². The highest BCUT2D eigenvalue weighted by atomic mass is 16.5. The molecule has 0 unspecified atom stereocenters. The Hall–Kier alpha value is -2.55. The quantitative estimate of drug-likeness (QED) is 0.514. The summed E-state index contributed by atoms with van der Waals surface area (Å²) in [5.41, 5.74) is -0.185. The Labute approximate surface area is 97.0 Å². The number of hydrogen-bond donors (Lipinski definition) is 0. The fourth-order valence-corrected chi connectivity index (χ4v) is 1.30. The van der Waals surface area contributed by atoms with Crippen molar-refractivity contribution >= 4 is 11.8 Å². The third-order valence-corrected chi connectivity index (χ3v) is 2.05. The molecule has 88 valence electrons. The third-order valence-electron chi connectivity index (χ3n) is 2.05. The van der Waals surface area contributed by atoms with Crippen LogP contribution in [0.25, 0.3) is 0 Å². The van der Waals surface area contributed by atoms with Crippen LogP contribution in [-0.4, -0.2) is 26.0 Å². The van der Waals surface area contributed by atoms with Crippen LogP contribution in [0.3, 0.4) is 0 Å². The van der Waals surface area contributed by atoms with Crippen LogP contribution in [-0.2, 0) is 4.79 Å². The zero-order chi connectivity index (χ0) is 13.0. The maximum Gasteiger partial charge on any atom is 0.208 e.